The first-order valence-electron chi connectivity index (χ1n) is 12.6. The number of fused-ring (bicyclic) bond motifs is 1. The SMILES string of the molecule is CC[C@H](C)[C@H](NC(=O)c1ccc(-c2ccc(Nc3nc4ncc(C(F)(F)F)cc4s3)cc2)cc1)C(=O)OC(=O)C(F)(F)F. The van der Waals surface area contributed by atoms with Gasteiger partial charge in [-0.2, -0.15) is 31.3 Å². The number of hydrogen-bond donors (Lipinski definition) is 2. The van der Waals surface area contributed by atoms with E-state index >= 15 is 0 Å². The number of carbonyl (C=O) groups is 3. The van der Waals surface area contributed by atoms with E-state index in [9.17, 15) is 40.7 Å². The molecule has 0 saturated heterocycles. The number of amides is 1. The van der Waals surface area contributed by atoms with Crippen molar-refractivity contribution in [3.8, 4) is 11.1 Å². The molecule has 2 aromatic carbocycles. The van der Waals surface area contributed by atoms with Crippen LogP contribution in [0, 0.1) is 5.92 Å². The molecule has 2 N–H and O–H groups in total. The number of hydrogen-bond acceptors (Lipinski definition) is 8. The molecule has 4 rings (SSSR count). The van der Waals surface area contributed by atoms with E-state index in [0.717, 1.165) is 29.2 Å². The Morgan fingerprint density at radius 3 is 2.12 bits per heavy atom. The van der Waals surface area contributed by atoms with Gasteiger partial charge in [-0.05, 0) is 47.4 Å². The number of rotatable bonds is 8. The molecule has 0 fully saturated rings. The van der Waals surface area contributed by atoms with Gasteiger partial charge >= 0.3 is 24.3 Å². The lowest BCUT2D eigenvalue weighted by atomic mass is 9.98. The van der Waals surface area contributed by atoms with E-state index in [1.165, 1.54) is 19.1 Å². The summed E-state index contributed by atoms with van der Waals surface area (Å²) in [5, 5.41) is 5.73. The second kappa shape index (κ2) is 12.4. The van der Waals surface area contributed by atoms with Crippen molar-refractivity contribution in [2.45, 2.75) is 38.7 Å². The highest BCUT2D eigenvalue weighted by Crippen LogP contribution is 2.34. The van der Waals surface area contributed by atoms with Gasteiger partial charge in [0.15, 0.2) is 10.8 Å². The van der Waals surface area contributed by atoms with E-state index in [0.29, 0.717) is 22.8 Å². The lowest BCUT2D eigenvalue weighted by molar-refractivity contribution is -0.202. The van der Waals surface area contributed by atoms with Gasteiger partial charge in [-0.1, -0.05) is 55.9 Å². The van der Waals surface area contributed by atoms with Gasteiger partial charge in [0.25, 0.3) is 5.91 Å². The van der Waals surface area contributed by atoms with Gasteiger partial charge in [0.05, 0.1) is 10.3 Å². The normalized spacial score (nSPS) is 13.3. The first-order valence-corrected chi connectivity index (χ1v) is 13.4. The number of pyridine rings is 1. The molecule has 4 aromatic rings. The summed E-state index contributed by atoms with van der Waals surface area (Å²) in [5.41, 5.74) is 1.51. The zero-order chi connectivity index (χ0) is 31.5. The molecule has 0 radical (unpaired) electrons. The van der Waals surface area contributed by atoms with Crippen molar-refractivity contribution in [1.29, 1.82) is 0 Å². The third kappa shape index (κ3) is 7.66. The second-order valence-electron chi connectivity index (χ2n) is 9.39. The summed E-state index contributed by atoms with van der Waals surface area (Å²) in [7, 11) is 0. The molecule has 0 bridgehead atoms. The number of nitrogens with one attached hydrogen (secondary N) is 2. The van der Waals surface area contributed by atoms with Crippen LogP contribution in [0.1, 0.15) is 36.2 Å². The monoisotopic (exact) mass is 624 g/mol. The maximum atomic E-state index is 13.0. The summed E-state index contributed by atoms with van der Waals surface area (Å²) in [6.45, 7) is 3.17. The van der Waals surface area contributed by atoms with Crippen LogP contribution >= 0.6 is 11.3 Å². The minimum Gasteiger partial charge on any atom is -0.385 e. The Hall–Kier alpha value is -4.53. The zero-order valence-electron chi connectivity index (χ0n) is 22.3. The molecule has 43 heavy (non-hydrogen) atoms. The van der Waals surface area contributed by atoms with Crippen molar-refractivity contribution in [3.05, 3.63) is 71.9 Å². The Bertz CT molecular complexity index is 1640. The highest BCUT2D eigenvalue weighted by molar-refractivity contribution is 7.22. The molecule has 0 spiro atoms. The predicted molar refractivity (Wildman–Crippen MR) is 145 cm³/mol. The van der Waals surface area contributed by atoms with Crippen LogP contribution in [0.25, 0.3) is 21.5 Å². The van der Waals surface area contributed by atoms with Gasteiger partial charge in [0, 0.05) is 17.4 Å². The summed E-state index contributed by atoms with van der Waals surface area (Å²) >= 11 is 1.02. The number of esters is 2. The molecule has 8 nitrogen and oxygen atoms in total. The number of alkyl halides is 6. The van der Waals surface area contributed by atoms with Crippen molar-refractivity contribution < 1.29 is 45.5 Å². The average molecular weight is 625 g/mol. The summed E-state index contributed by atoms with van der Waals surface area (Å²) in [6, 6.07) is 12.6. The molecule has 0 unspecified atom stereocenters. The lowest BCUT2D eigenvalue weighted by Gasteiger charge is -2.22. The molecule has 0 aliphatic heterocycles. The van der Waals surface area contributed by atoms with Crippen molar-refractivity contribution in [2.24, 2.45) is 5.92 Å². The number of benzene rings is 2. The minimum absolute atomic E-state index is 0.114. The fourth-order valence-corrected chi connectivity index (χ4v) is 4.70. The third-order valence-corrected chi connectivity index (χ3v) is 7.28. The molecular formula is C28H22F6N4O4S. The van der Waals surface area contributed by atoms with Gasteiger partial charge in [0.2, 0.25) is 0 Å². The lowest BCUT2D eigenvalue weighted by Crippen LogP contribution is -2.47. The number of ether oxygens (including phenoxy) is 1. The number of anilines is 2. The number of halogens is 6. The van der Waals surface area contributed by atoms with Crippen LogP contribution < -0.4 is 10.6 Å². The van der Waals surface area contributed by atoms with Crippen LogP contribution in [-0.2, 0) is 20.5 Å². The maximum absolute atomic E-state index is 13.0. The van der Waals surface area contributed by atoms with E-state index in [4.69, 9.17) is 0 Å². The highest BCUT2D eigenvalue weighted by Gasteiger charge is 2.44. The summed E-state index contributed by atoms with van der Waals surface area (Å²) in [4.78, 5) is 44.1. The third-order valence-electron chi connectivity index (χ3n) is 6.37. The molecule has 226 valence electrons. The Morgan fingerprint density at radius 1 is 0.953 bits per heavy atom. The van der Waals surface area contributed by atoms with Gasteiger partial charge in [-0.25, -0.2) is 14.6 Å². The summed E-state index contributed by atoms with van der Waals surface area (Å²) < 4.78 is 80.6. The molecular weight excluding hydrogens is 602 g/mol. The Labute approximate surface area is 244 Å². The zero-order valence-corrected chi connectivity index (χ0v) is 23.2. The predicted octanol–water partition coefficient (Wildman–Crippen LogP) is 6.90. The summed E-state index contributed by atoms with van der Waals surface area (Å²) in [5.74, 6) is -5.55. The minimum atomic E-state index is -5.36. The molecule has 0 aliphatic rings. The molecule has 2 atom stereocenters. The van der Waals surface area contributed by atoms with E-state index in [2.05, 4.69) is 25.3 Å². The van der Waals surface area contributed by atoms with E-state index in [1.807, 2.05) is 0 Å². The second-order valence-corrected chi connectivity index (χ2v) is 10.4. The smallest absolute Gasteiger partial charge is 0.385 e. The Kier molecular flexibility index (Phi) is 9.04. The van der Waals surface area contributed by atoms with Crippen LogP contribution in [-0.4, -0.2) is 40.0 Å². The Morgan fingerprint density at radius 2 is 1.56 bits per heavy atom. The van der Waals surface area contributed by atoms with Crippen LogP contribution in [0.15, 0.2) is 60.8 Å². The largest absolute Gasteiger partial charge is 0.491 e. The molecule has 2 heterocycles. The number of aromatic nitrogens is 2. The molecule has 2 aromatic heterocycles. The van der Waals surface area contributed by atoms with Gasteiger partial charge in [-0.3, -0.25) is 4.79 Å². The fourth-order valence-electron chi connectivity index (χ4n) is 3.82. The molecule has 0 aliphatic carbocycles. The van der Waals surface area contributed by atoms with Crippen LogP contribution in [0.3, 0.4) is 0 Å². The van der Waals surface area contributed by atoms with Crippen molar-refractivity contribution in [3.63, 3.8) is 0 Å². The van der Waals surface area contributed by atoms with Crippen LogP contribution in [0.4, 0.5) is 37.2 Å². The van der Waals surface area contributed by atoms with Gasteiger partial charge < -0.3 is 15.4 Å². The number of thiazole rings is 1. The van der Waals surface area contributed by atoms with Crippen molar-refractivity contribution in [1.82, 2.24) is 15.3 Å². The summed E-state index contributed by atoms with van der Waals surface area (Å²) in [6.07, 6.45) is -8.84. The van der Waals surface area contributed by atoms with Crippen LogP contribution in [0.5, 0.6) is 0 Å². The number of carbonyl (C=O) groups excluding carboxylic acids is 3. The van der Waals surface area contributed by atoms with Crippen molar-refractivity contribution >= 4 is 50.3 Å². The molecule has 15 heteroatoms. The van der Waals surface area contributed by atoms with E-state index < -0.39 is 47.7 Å². The Balaban J connectivity index is 1.42. The standard InChI is InChI=1S/C28H22F6N4O4S/c1-3-14(2)21(24(40)42-25(41)28(32,33)34)37-23(39)17-6-4-15(5-7-17)16-8-10-19(11-9-16)36-26-38-22-20(43-26)12-18(13-35-22)27(29,30)31/h4-14,21H,3H2,1-2H3,(H,37,39)(H,35,36,38)/t14-,21-/m0/s1. The maximum Gasteiger partial charge on any atom is 0.491 e. The van der Waals surface area contributed by atoms with Crippen LogP contribution in [0.2, 0.25) is 0 Å². The van der Waals surface area contributed by atoms with E-state index in [-0.39, 0.29) is 15.9 Å². The first-order chi connectivity index (χ1) is 20.2. The topological polar surface area (TPSA) is 110 Å². The average Bonchev–Trinajstić information content (AvgIpc) is 3.36. The van der Waals surface area contributed by atoms with Gasteiger partial charge in [0.1, 0.15) is 6.04 Å². The quantitative estimate of drug-likeness (QED) is 0.125. The molecule has 0 saturated carbocycles. The molecule has 1 amide bonds. The number of nitrogens with zero attached hydrogens (tertiary/aromatic N) is 2. The van der Waals surface area contributed by atoms with E-state index in [1.54, 1.807) is 43.3 Å². The fraction of sp³-hybridized carbons (Fsp3) is 0.250. The highest BCUT2D eigenvalue weighted by atomic mass is 32.1. The van der Waals surface area contributed by atoms with Crippen molar-refractivity contribution in [2.75, 3.05) is 5.32 Å². The first kappa shape index (κ1) is 31.4. The van der Waals surface area contributed by atoms with Gasteiger partial charge in [-0.15, -0.1) is 0 Å².